The van der Waals surface area contributed by atoms with Crippen LogP contribution in [0.25, 0.3) is 0 Å². The molecule has 2 unspecified atom stereocenters. The van der Waals surface area contributed by atoms with E-state index in [-0.39, 0.29) is 11.7 Å². The molecule has 114 valence electrons. The van der Waals surface area contributed by atoms with Crippen LogP contribution in [0.1, 0.15) is 31.7 Å². The van der Waals surface area contributed by atoms with E-state index in [0.717, 1.165) is 18.4 Å². The Bertz CT molecular complexity index is 513. The van der Waals surface area contributed by atoms with Crippen molar-refractivity contribution in [1.82, 2.24) is 4.90 Å². The van der Waals surface area contributed by atoms with Gasteiger partial charge in [-0.05, 0) is 30.0 Å². The zero-order valence-corrected chi connectivity index (χ0v) is 12.3. The summed E-state index contributed by atoms with van der Waals surface area (Å²) in [6.45, 7) is 2.70. The number of primary amides is 1. The molecule has 1 saturated heterocycles. The van der Waals surface area contributed by atoms with E-state index < -0.39 is 11.9 Å². The molecule has 0 aromatic heterocycles. The van der Waals surface area contributed by atoms with Gasteiger partial charge >= 0.3 is 0 Å². The molecule has 21 heavy (non-hydrogen) atoms. The van der Waals surface area contributed by atoms with Crippen molar-refractivity contribution >= 4 is 11.8 Å². The molecule has 0 saturated carbocycles. The zero-order chi connectivity index (χ0) is 15.4. The normalized spacial score (nSPS) is 19.8. The first kappa shape index (κ1) is 15.4. The lowest BCUT2D eigenvalue weighted by molar-refractivity contribution is -0.136. The van der Waals surface area contributed by atoms with Crippen molar-refractivity contribution < 1.29 is 14.7 Å². The first-order chi connectivity index (χ1) is 10.0. The van der Waals surface area contributed by atoms with Gasteiger partial charge in [0, 0.05) is 19.4 Å². The number of benzene rings is 1. The number of aromatic hydroxyl groups is 1. The van der Waals surface area contributed by atoms with Crippen LogP contribution < -0.4 is 5.73 Å². The maximum atomic E-state index is 12.1. The van der Waals surface area contributed by atoms with Gasteiger partial charge in [-0.15, -0.1) is 0 Å². The van der Waals surface area contributed by atoms with Crippen LogP contribution >= 0.6 is 0 Å². The number of carbonyl (C=O) groups is 2. The number of likely N-dealkylation sites (tertiary alicyclic amines) is 1. The Balaban J connectivity index is 2.10. The van der Waals surface area contributed by atoms with Gasteiger partial charge in [-0.3, -0.25) is 9.59 Å². The molecule has 1 aliphatic heterocycles. The van der Waals surface area contributed by atoms with Crippen molar-refractivity contribution in [3.8, 4) is 5.75 Å². The Hall–Kier alpha value is -2.04. The van der Waals surface area contributed by atoms with Crippen molar-refractivity contribution in [2.45, 2.75) is 38.6 Å². The largest absolute Gasteiger partial charge is 0.508 e. The van der Waals surface area contributed by atoms with Crippen molar-refractivity contribution in [2.75, 3.05) is 6.54 Å². The van der Waals surface area contributed by atoms with Crippen LogP contribution in [0.2, 0.25) is 0 Å². The van der Waals surface area contributed by atoms with Crippen molar-refractivity contribution in [2.24, 2.45) is 11.7 Å². The minimum Gasteiger partial charge on any atom is -0.508 e. The fourth-order valence-corrected chi connectivity index (χ4v) is 2.93. The highest BCUT2D eigenvalue weighted by atomic mass is 16.3. The number of hydrogen-bond acceptors (Lipinski definition) is 3. The number of nitrogens with zero attached hydrogens (tertiary/aromatic N) is 1. The van der Waals surface area contributed by atoms with Crippen LogP contribution in [-0.4, -0.2) is 34.4 Å². The lowest BCUT2D eigenvalue weighted by Gasteiger charge is -2.25. The van der Waals surface area contributed by atoms with Crippen LogP contribution in [0.4, 0.5) is 0 Å². The molecule has 1 heterocycles. The fraction of sp³-hybridized carbons (Fsp3) is 0.500. The molecule has 1 aromatic carbocycles. The maximum absolute atomic E-state index is 12.1. The second-order valence-corrected chi connectivity index (χ2v) is 5.69. The predicted octanol–water partition coefficient (Wildman–Crippen LogP) is 1.44. The smallest absolute Gasteiger partial charge is 0.240 e. The number of rotatable bonds is 6. The van der Waals surface area contributed by atoms with Gasteiger partial charge in [0.15, 0.2) is 0 Å². The molecule has 3 N–H and O–H groups in total. The molecular weight excluding hydrogens is 268 g/mol. The number of amides is 2. The minimum atomic E-state index is -0.608. The zero-order valence-electron chi connectivity index (χ0n) is 12.3. The minimum absolute atomic E-state index is 0.0102. The summed E-state index contributed by atoms with van der Waals surface area (Å²) in [5.74, 6) is 0.0309. The third-order valence-electron chi connectivity index (χ3n) is 4.01. The summed E-state index contributed by atoms with van der Waals surface area (Å²) >= 11 is 0. The van der Waals surface area contributed by atoms with E-state index in [0.29, 0.717) is 25.3 Å². The second kappa shape index (κ2) is 6.61. The van der Waals surface area contributed by atoms with Gasteiger partial charge in [0.2, 0.25) is 11.8 Å². The summed E-state index contributed by atoms with van der Waals surface area (Å²) in [4.78, 5) is 25.5. The second-order valence-electron chi connectivity index (χ2n) is 5.69. The third-order valence-corrected chi connectivity index (χ3v) is 4.01. The van der Waals surface area contributed by atoms with Crippen molar-refractivity contribution in [3.63, 3.8) is 0 Å². The molecule has 2 rings (SSSR count). The SMILES string of the molecule is CCCC1CC(=O)N(C(Cc2ccc(O)cc2)C(N)=O)C1. The highest BCUT2D eigenvalue weighted by Crippen LogP contribution is 2.25. The predicted molar refractivity (Wildman–Crippen MR) is 79.5 cm³/mol. The van der Waals surface area contributed by atoms with Crippen LogP contribution in [0.3, 0.4) is 0 Å². The van der Waals surface area contributed by atoms with E-state index in [1.807, 2.05) is 0 Å². The molecule has 5 nitrogen and oxygen atoms in total. The van der Waals surface area contributed by atoms with Gasteiger partial charge in [-0.1, -0.05) is 25.5 Å². The van der Waals surface area contributed by atoms with E-state index in [2.05, 4.69) is 6.92 Å². The van der Waals surface area contributed by atoms with Gasteiger partial charge in [0.1, 0.15) is 11.8 Å². The molecule has 0 aliphatic carbocycles. The van der Waals surface area contributed by atoms with Crippen LogP contribution in [0.15, 0.2) is 24.3 Å². The maximum Gasteiger partial charge on any atom is 0.240 e. The quantitative estimate of drug-likeness (QED) is 0.831. The molecular formula is C16H22N2O3. The van der Waals surface area contributed by atoms with Gasteiger partial charge < -0.3 is 15.7 Å². The fourth-order valence-electron chi connectivity index (χ4n) is 2.93. The van der Waals surface area contributed by atoms with Gasteiger partial charge in [-0.25, -0.2) is 0 Å². The van der Waals surface area contributed by atoms with E-state index in [1.54, 1.807) is 29.2 Å². The summed E-state index contributed by atoms with van der Waals surface area (Å²) in [5.41, 5.74) is 6.37. The van der Waals surface area contributed by atoms with Crippen molar-refractivity contribution in [3.05, 3.63) is 29.8 Å². The number of hydrogen-bond donors (Lipinski definition) is 2. The average Bonchev–Trinajstić information content (AvgIpc) is 2.79. The first-order valence-corrected chi connectivity index (χ1v) is 7.38. The van der Waals surface area contributed by atoms with E-state index in [1.165, 1.54) is 0 Å². The molecule has 1 fully saturated rings. The third kappa shape index (κ3) is 3.74. The van der Waals surface area contributed by atoms with Crippen molar-refractivity contribution in [1.29, 1.82) is 0 Å². The number of phenols is 1. The molecule has 0 bridgehead atoms. The Morgan fingerprint density at radius 3 is 2.67 bits per heavy atom. The Labute approximate surface area is 124 Å². The Morgan fingerprint density at radius 2 is 2.10 bits per heavy atom. The van der Waals surface area contributed by atoms with Gasteiger partial charge in [0.25, 0.3) is 0 Å². The topological polar surface area (TPSA) is 83.6 Å². The van der Waals surface area contributed by atoms with Gasteiger partial charge in [0.05, 0.1) is 0 Å². The number of carbonyl (C=O) groups excluding carboxylic acids is 2. The van der Waals surface area contributed by atoms with Crippen LogP contribution in [-0.2, 0) is 16.0 Å². The van der Waals surface area contributed by atoms with Crippen LogP contribution in [0.5, 0.6) is 5.75 Å². The van der Waals surface area contributed by atoms with E-state index in [9.17, 15) is 14.7 Å². The molecule has 5 heteroatoms. The molecule has 2 amide bonds. The van der Waals surface area contributed by atoms with Gasteiger partial charge in [-0.2, -0.15) is 0 Å². The summed E-state index contributed by atoms with van der Waals surface area (Å²) in [6, 6.07) is 6.02. The molecule has 2 atom stereocenters. The van der Waals surface area contributed by atoms with Crippen LogP contribution in [0, 0.1) is 5.92 Å². The first-order valence-electron chi connectivity index (χ1n) is 7.38. The average molecular weight is 290 g/mol. The molecule has 1 aromatic rings. The Kier molecular flexibility index (Phi) is 4.83. The number of nitrogens with two attached hydrogens (primary N) is 1. The highest BCUT2D eigenvalue weighted by Gasteiger charge is 2.36. The standard InChI is InChI=1S/C16H22N2O3/c1-2-3-12-9-15(20)18(10-12)14(16(17)21)8-11-4-6-13(19)7-5-11/h4-7,12,14,19H,2-3,8-10H2,1H3,(H2,17,21). The highest BCUT2D eigenvalue weighted by molar-refractivity contribution is 5.88. The summed E-state index contributed by atoms with van der Waals surface area (Å²) in [7, 11) is 0. The lowest BCUT2D eigenvalue weighted by Crippen LogP contribution is -2.47. The molecule has 0 radical (unpaired) electrons. The summed E-state index contributed by atoms with van der Waals surface area (Å²) in [6.07, 6.45) is 2.92. The summed E-state index contributed by atoms with van der Waals surface area (Å²) < 4.78 is 0. The number of phenolic OH excluding ortho intramolecular Hbond substituents is 1. The van der Waals surface area contributed by atoms with E-state index in [4.69, 9.17) is 5.73 Å². The molecule has 1 aliphatic rings. The monoisotopic (exact) mass is 290 g/mol. The van der Waals surface area contributed by atoms with E-state index >= 15 is 0 Å². The molecule has 0 spiro atoms. The Morgan fingerprint density at radius 1 is 1.43 bits per heavy atom. The summed E-state index contributed by atoms with van der Waals surface area (Å²) in [5, 5.41) is 9.29. The lowest BCUT2D eigenvalue weighted by atomic mass is 10.0.